The van der Waals surface area contributed by atoms with Crippen LogP contribution >= 0.6 is 24.0 Å². The number of amides is 2. The molecule has 0 spiro atoms. The number of para-hydroxylation sites is 1. The van der Waals surface area contributed by atoms with Gasteiger partial charge in [0, 0.05) is 70.4 Å². The smallest absolute Gasteiger partial charge is 0.305 e. The summed E-state index contributed by atoms with van der Waals surface area (Å²) >= 11 is 5.87. The molecule has 2 amide bonds. The quantitative estimate of drug-likeness (QED) is 0.0547. The number of nitrogens with one attached hydrogen (secondary N) is 1. The first kappa shape index (κ1) is 50.7. The van der Waals surface area contributed by atoms with Crippen molar-refractivity contribution >= 4 is 63.1 Å². The number of halogens is 1. The summed E-state index contributed by atoms with van der Waals surface area (Å²) in [6.07, 6.45) is 7.56. The summed E-state index contributed by atoms with van der Waals surface area (Å²) in [6.45, 7) is 8.84. The number of hydrogen-bond donors (Lipinski definition) is 5. The molecule has 7 rings (SSSR count). The second-order valence-electron chi connectivity index (χ2n) is 15.8. The van der Waals surface area contributed by atoms with Crippen LogP contribution in [-0.4, -0.2) is 76.0 Å². The van der Waals surface area contributed by atoms with Crippen LogP contribution in [0.1, 0.15) is 80.4 Å². The zero-order chi connectivity index (χ0) is 47.8. The van der Waals surface area contributed by atoms with Crippen molar-refractivity contribution in [2.75, 3.05) is 6.61 Å². The number of benzene rings is 3. The number of nitrogens with two attached hydrogens (primary N) is 1. The lowest BCUT2D eigenvalue weighted by Crippen LogP contribution is -2.25. The fraction of sp³-hybridized carbons (Fsp3) is 0.294. The highest BCUT2D eigenvalue weighted by Crippen LogP contribution is 2.38. The molecule has 4 heterocycles. The molecule has 1 aliphatic heterocycles. The number of fused-ring (bicyclic) bond motifs is 1. The molecule has 3 atom stereocenters. The molecule has 3 aromatic carbocycles. The molecule has 1 unspecified atom stereocenters. The maximum atomic E-state index is 13.5. The van der Waals surface area contributed by atoms with Crippen LogP contribution in [0, 0.1) is 5.82 Å². The second-order valence-corrected chi connectivity index (χ2v) is 17.4. The predicted octanol–water partition coefficient (Wildman–Crippen LogP) is 9.07. The van der Waals surface area contributed by atoms with Gasteiger partial charge in [0.25, 0.3) is 5.24 Å². The minimum absolute atomic E-state index is 0.0728. The maximum absolute atomic E-state index is 13.5. The summed E-state index contributed by atoms with van der Waals surface area (Å²) in [4.78, 5) is 42.5. The molecular formula is C51H56FN5O7S2. The van der Waals surface area contributed by atoms with Crippen LogP contribution in [0.2, 0.25) is 0 Å². The number of thioether (sulfide) groups is 1. The molecule has 0 bridgehead atoms. The van der Waals surface area contributed by atoms with Crippen LogP contribution in [-0.2, 0) is 35.3 Å². The fourth-order valence-corrected chi connectivity index (χ4v) is 8.13. The van der Waals surface area contributed by atoms with Gasteiger partial charge >= 0.3 is 5.97 Å². The van der Waals surface area contributed by atoms with E-state index in [1.807, 2.05) is 79.9 Å². The zero-order valence-corrected chi connectivity index (χ0v) is 39.0. The van der Waals surface area contributed by atoms with Crippen LogP contribution < -0.4 is 15.8 Å². The molecule has 6 N–H and O–H groups in total. The first-order chi connectivity index (χ1) is 31.6. The number of nitrogens with zero attached hydrogens (tertiary/aromatic N) is 3. The summed E-state index contributed by atoms with van der Waals surface area (Å²) in [5.74, 6) is -0.853. The number of rotatable bonds is 17. The Labute approximate surface area is 394 Å². The molecule has 15 heteroatoms. The highest BCUT2D eigenvalue weighted by molar-refractivity contribution is 8.15. The topological polar surface area (TPSA) is 190 Å². The number of aliphatic hydroxyl groups excluding tert-OH is 2. The largest absolute Gasteiger partial charge is 0.493 e. The van der Waals surface area contributed by atoms with Crippen molar-refractivity contribution in [3.05, 3.63) is 155 Å². The number of carbonyl (C=O) groups excluding carboxylic acids is 2. The van der Waals surface area contributed by atoms with Crippen molar-refractivity contribution in [3.8, 4) is 16.9 Å². The number of carbonyl (C=O) groups is 3. The van der Waals surface area contributed by atoms with E-state index < -0.39 is 24.6 Å². The summed E-state index contributed by atoms with van der Waals surface area (Å²) in [6, 6.07) is 29.9. The molecule has 12 nitrogen and oxygen atoms in total. The van der Waals surface area contributed by atoms with Gasteiger partial charge in [0.15, 0.2) is 0 Å². The third-order valence-electron chi connectivity index (χ3n) is 10.5. The van der Waals surface area contributed by atoms with Crippen molar-refractivity contribution in [2.45, 2.75) is 89.7 Å². The van der Waals surface area contributed by atoms with Crippen molar-refractivity contribution in [2.24, 2.45) is 5.73 Å². The van der Waals surface area contributed by atoms with E-state index in [4.69, 9.17) is 27.8 Å². The number of aliphatic hydroxyl groups is 2. The molecule has 3 aromatic heterocycles. The van der Waals surface area contributed by atoms with Gasteiger partial charge < -0.3 is 30.4 Å². The number of hydrogen-bond acceptors (Lipinski definition) is 10. The van der Waals surface area contributed by atoms with E-state index in [0.717, 1.165) is 87.0 Å². The third-order valence-corrected chi connectivity index (χ3v) is 11.7. The highest BCUT2D eigenvalue weighted by atomic mass is 32.2. The molecule has 1 aliphatic rings. The lowest BCUT2D eigenvalue weighted by Gasteiger charge is -2.15. The highest BCUT2D eigenvalue weighted by Gasteiger charge is 2.31. The van der Waals surface area contributed by atoms with E-state index in [1.165, 1.54) is 17.7 Å². The van der Waals surface area contributed by atoms with Gasteiger partial charge in [0.05, 0.1) is 30.5 Å². The number of imide groups is 1. The zero-order valence-electron chi connectivity index (χ0n) is 37.4. The van der Waals surface area contributed by atoms with Gasteiger partial charge in [-0.25, -0.2) is 4.39 Å². The van der Waals surface area contributed by atoms with Gasteiger partial charge in [0.2, 0.25) is 5.91 Å². The molecule has 1 fully saturated rings. The minimum Gasteiger partial charge on any atom is -0.493 e. The van der Waals surface area contributed by atoms with Crippen molar-refractivity contribution in [1.82, 2.24) is 19.9 Å². The Kier molecular flexibility index (Phi) is 19.1. The Hall–Kier alpha value is -6.26. The van der Waals surface area contributed by atoms with Crippen LogP contribution in [0.4, 0.5) is 9.18 Å². The van der Waals surface area contributed by atoms with Gasteiger partial charge in [-0.3, -0.25) is 29.7 Å². The Morgan fingerprint density at radius 2 is 1.67 bits per heavy atom. The Morgan fingerprint density at radius 1 is 0.955 bits per heavy atom. The van der Waals surface area contributed by atoms with Crippen molar-refractivity contribution in [1.29, 1.82) is 0 Å². The fourth-order valence-electron chi connectivity index (χ4n) is 7.14. The van der Waals surface area contributed by atoms with Gasteiger partial charge in [-0.1, -0.05) is 92.4 Å². The summed E-state index contributed by atoms with van der Waals surface area (Å²) in [5.41, 5.74) is 14.3. The molecule has 0 saturated carbocycles. The first-order valence-electron chi connectivity index (χ1n) is 21.7. The average Bonchev–Trinajstić information content (AvgIpc) is 3.81. The van der Waals surface area contributed by atoms with Crippen LogP contribution in [0.25, 0.3) is 28.1 Å². The lowest BCUT2D eigenvalue weighted by atomic mass is 10.0. The van der Waals surface area contributed by atoms with Crippen molar-refractivity contribution in [3.63, 3.8) is 0 Å². The van der Waals surface area contributed by atoms with Crippen LogP contribution in [0.5, 0.6) is 5.75 Å². The molecule has 0 radical (unpaired) electrons. The molecule has 6 aromatic rings. The summed E-state index contributed by atoms with van der Waals surface area (Å²) < 4.78 is 21.4. The van der Waals surface area contributed by atoms with Gasteiger partial charge in [0.1, 0.15) is 16.6 Å². The molecule has 346 valence electrons. The Balaban J connectivity index is 0.000000204. The Bertz CT molecular complexity index is 2600. The van der Waals surface area contributed by atoms with E-state index in [9.17, 15) is 29.0 Å². The van der Waals surface area contributed by atoms with Crippen molar-refractivity contribution < 1.29 is 38.8 Å². The van der Waals surface area contributed by atoms with Crippen LogP contribution in [0.3, 0.4) is 0 Å². The van der Waals surface area contributed by atoms with Gasteiger partial charge in [-0.05, 0) is 104 Å². The van der Waals surface area contributed by atoms with E-state index in [2.05, 4.69) is 46.7 Å². The normalized spacial score (nSPS) is 14.3. The van der Waals surface area contributed by atoms with E-state index in [0.29, 0.717) is 18.0 Å². The number of pyridine rings is 2. The molecule has 1 saturated heterocycles. The number of carboxylic acid groups (broad SMARTS) is 1. The average molecular weight is 934 g/mol. The number of thiocarbonyl (C=S) groups is 1. The number of ether oxygens (including phenoxy) is 1. The number of aryl methyl sites for hydroxylation is 2. The molecule has 66 heavy (non-hydrogen) atoms. The minimum atomic E-state index is -1.13. The standard InChI is InChI=1S/C24H26FNO4.C19H20N2O3S.C8H10N2S/c1-15(2)26-21-6-4-3-5-20(21)24(16-7-9-17(25)10-8-16)22(26)12-11-18(27)13-19(28)14-23(29)30;1-2-13-3-6-15(20-12-13)9-10-24-16-7-4-14(5-8-16)11-17-18(22)21-19(23)25-17;1-2-7-5-6(8(9)11)3-4-10-7/h3-12,15,18-19,27-28H,13-14H2,1-2H3,(H,29,30);3-8,12,17H,2,9-11H2,1H3,(H,21,22,23);3-5H,2H2,1H3,(H2,9,11)/b12-11+;;/t18-,19-;;/m1../s1. The lowest BCUT2D eigenvalue weighted by molar-refractivity contribution is -0.139. The third kappa shape index (κ3) is 14.9. The van der Waals surface area contributed by atoms with E-state index in [1.54, 1.807) is 30.5 Å². The number of carboxylic acids is 1. The number of aromatic nitrogens is 3. The maximum Gasteiger partial charge on any atom is 0.305 e. The summed E-state index contributed by atoms with van der Waals surface area (Å²) in [5, 5.41) is 31.6. The SMILES string of the molecule is CC(C)n1c(/C=C/[C@@H](O)C[C@@H](O)CC(=O)O)c(-c2ccc(F)cc2)c2ccccc21.CCc1cc(C(N)=S)ccn1.CCc1ccc(CCOc2ccc(CC3SC(=O)NC3=O)cc2)nc1. The predicted molar refractivity (Wildman–Crippen MR) is 263 cm³/mol. The monoisotopic (exact) mass is 933 g/mol. The van der Waals surface area contributed by atoms with Crippen LogP contribution in [0.15, 0.2) is 116 Å². The van der Waals surface area contributed by atoms with Gasteiger partial charge in [-0.2, -0.15) is 0 Å². The van der Waals surface area contributed by atoms with E-state index >= 15 is 0 Å². The molecular weight excluding hydrogens is 878 g/mol. The Morgan fingerprint density at radius 3 is 2.27 bits per heavy atom. The number of aliphatic carboxylic acids is 1. The van der Waals surface area contributed by atoms with E-state index in [-0.39, 0.29) is 34.7 Å². The molecule has 0 aliphatic carbocycles. The summed E-state index contributed by atoms with van der Waals surface area (Å²) in [7, 11) is 0. The van der Waals surface area contributed by atoms with Gasteiger partial charge in [-0.15, -0.1) is 0 Å². The first-order valence-corrected chi connectivity index (χ1v) is 23.0. The second kappa shape index (κ2) is 24.9.